The number of aromatic nitrogens is 2. The first-order valence-corrected chi connectivity index (χ1v) is 7.87. The van der Waals surface area contributed by atoms with Gasteiger partial charge in [-0.25, -0.2) is 4.98 Å². The van der Waals surface area contributed by atoms with Gasteiger partial charge in [0.05, 0.1) is 0 Å². The van der Waals surface area contributed by atoms with Crippen molar-refractivity contribution in [3.63, 3.8) is 0 Å². The second kappa shape index (κ2) is 8.29. The fourth-order valence-electron chi connectivity index (χ4n) is 2.29. The number of aromatic amines is 1. The summed E-state index contributed by atoms with van der Waals surface area (Å²) in [5, 5.41) is 0. The molecule has 0 saturated carbocycles. The molecular weight excluding hydrogens is 308 g/mol. The van der Waals surface area contributed by atoms with Crippen molar-refractivity contribution in [1.82, 2.24) is 9.97 Å². The van der Waals surface area contributed by atoms with Crippen LogP contribution >= 0.6 is 0 Å². The highest BCUT2D eigenvalue weighted by Crippen LogP contribution is 2.11. The molecule has 24 heavy (non-hydrogen) atoms. The number of ether oxygens (including phenoxy) is 2. The average molecular weight is 330 g/mol. The highest BCUT2D eigenvalue weighted by Gasteiger charge is 2.10. The molecule has 6 heteroatoms. The number of esters is 1. The molecule has 0 aliphatic carbocycles. The van der Waals surface area contributed by atoms with Gasteiger partial charge in [-0.2, -0.15) is 0 Å². The number of carbonyl (C=O) groups excluding carboxylic acids is 1. The van der Waals surface area contributed by atoms with Crippen LogP contribution in [0.5, 0.6) is 5.75 Å². The molecule has 0 radical (unpaired) electrons. The van der Waals surface area contributed by atoms with Gasteiger partial charge in [0.2, 0.25) is 0 Å². The van der Waals surface area contributed by atoms with Gasteiger partial charge in [0.15, 0.2) is 0 Å². The van der Waals surface area contributed by atoms with Crippen LogP contribution in [0.15, 0.2) is 29.1 Å². The second-order valence-corrected chi connectivity index (χ2v) is 5.60. The molecular formula is C18H22N2O4. The zero-order valence-electron chi connectivity index (χ0n) is 14.2. The number of nitrogens with one attached hydrogen (secondary N) is 1. The van der Waals surface area contributed by atoms with E-state index in [1.165, 1.54) is 0 Å². The molecule has 0 unspecified atom stereocenters. The topological polar surface area (TPSA) is 81.3 Å². The molecule has 128 valence electrons. The van der Waals surface area contributed by atoms with Crippen LogP contribution in [0.25, 0.3) is 0 Å². The van der Waals surface area contributed by atoms with Crippen LogP contribution in [0.3, 0.4) is 0 Å². The summed E-state index contributed by atoms with van der Waals surface area (Å²) in [6.45, 7) is 5.95. The molecule has 1 N–H and O–H groups in total. The number of hydrogen-bond acceptors (Lipinski definition) is 5. The normalized spacial score (nSPS) is 10.5. The maximum atomic E-state index is 11.8. The Labute approximate surface area is 140 Å². The zero-order chi connectivity index (χ0) is 17.5. The third kappa shape index (κ3) is 5.22. The molecule has 0 spiro atoms. The van der Waals surface area contributed by atoms with Crippen molar-refractivity contribution in [2.45, 2.75) is 33.6 Å². The first-order valence-electron chi connectivity index (χ1n) is 7.87. The summed E-state index contributed by atoms with van der Waals surface area (Å²) in [6.07, 6.45) is 0.450. The molecule has 1 aromatic carbocycles. The first-order chi connectivity index (χ1) is 11.5. The molecule has 0 fully saturated rings. The van der Waals surface area contributed by atoms with E-state index in [4.69, 9.17) is 9.47 Å². The fourth-order valence-corrected chi connectivity index (χ4v) is 2.29. The predicted octanol–water partition coefficient (Wildman–Crippen LogP) is 2.25. The lowest BCUT2D eigenvalue weighted by Crippen LogP contribution is -2.19. The van der Waals surface area contributed by atoms with Gasteiger partial charge in [0.25, 0.3) is 5.56 Å². The molecule has 2 rings (SSSR count). The largest absolute Gasteiger partial charge is 0.490 e. The number of H-pyrrole nitrogens is 1. The van der Waals surface area contributed by atoms with Gasteiger partial charge in [-0.15, -0.1) is 0 Å². The van der Waals surface area contributed by atoms with E-state index in [2.05, 4.69) is 9.97 Å². The fraction of sp³-hybridized carbons (Fsp3) is 0.389. The number of benzene rings is 1. The monoisotopic (exact) mass is 330 g/mol. The van der Waals surface area contributed by atoms with Crippen LogP contribution < -0.4 is 10.3 Å². The van der Waals surface area contributed by atoms with E-state index < -0.39 is 0 Å². The second-order valence-electron chi connectivity index (χ2n) is 5.60. The van der Waals surface area contributed by atoms with Gasteiger partial charge >= 0.3 is 5.97 Å². The Balaban J connectivity index is 1.72. The molecule has 1 heterocycles. The third-order valence-electron chi connectivity index (χ3n) is 3.56. The number of aryl methyl sites for hydroxylation is 3. The summed E-state index contributed by atoms with van der Waals surface area (Å²) in [4.78, 5) is 30.4. The lowest BCUT2D eigenvalue weighted by molar-refractivity contribution is -0.144. The van der Waals surface area contributed by atoms with Gasteiger partial charge < -0.3 is 14.5 Å². The number of carbonyl (C=O) groups is 1. The number of rotatable bonds is 7. The van der Waals surface area contributed by atoms with Crippen LogP contribution in [-0.2, 0) is 16.0 Å². The zero-order valence-corrected chi connectivity index (χ0v) is 14.2. The predicted molar refractivity (Wildman–Crippen MR) is 90.3 cm³/mol. The van der Waals surface area contributed by atoms with Crippen LogP contribution in [-0.4, -0.2) is 29.2 Å². The summed E-state index contributed by atoms with van der Waals surface area (Å²) < 4.78 is 10.6. The maximum absolute atomic E-state index is 11.8. The smallest absolute Gasteiger partial charge is 0.306 e. The Kier molecular flexibility index (Phi) is 6.12. The van der Waals surface area contributed by atoms with Gasteiger partial charge in [0, 0.05) is 17.7 Å². The molecule has 2 aromatic rings. The Morgan fingerprint density at radius 1 is 1.12 bits per heavy atom. The molecule has 0 bridgehead atoms. The van der Waals surface area contributed by atoms with E-state index >= 15 is 0 Å². The quantitative estimate of drug-likeness (QED) is 0.622. The number of nitrogens with zero attached hydrogens (tertiary/aromatic N) is 1. The Morgan fingerprint density at radius 2 is 1.83 bits per heavy atom. The molecule has 0 amide bonds. The summed E-state index contributed by atoms with van der Waals surface area (Å²) >= 11 is 0. The minimum atomic E-state index is -0.359. The third-order valence-corrected chi connectivity index (χ3v) is 3.56. The van der Waals surface area contributed by atoms with E-state index in [1.54, 1.807) is 13.8 Å². The average Bonchev–Trinajstić information content (AvgIpc) is 2.52. The van der Waals surface area contributed by atoms with Gasteiger partial charge in [-0.3, -0.25) is 9.59 Å². The molecule has 6 nitrogen and oxygen atoms in total. The highest BCUT2D eigenvalue weighted by molar-refractivity contribution is 5.69. The summed E-state index contributed by atoms with van der Waals surface area (Å²) in [7, 11) is 0. The lowest BCUT2D eigenvalue weighted by atomic mass is 10.1. The molecule has 1 aromatic heterocycles. The van der Waals surface area contributed by atoms with E-state index in [1.807, 2.05) is 31.2 Å². The maximum Gasteiger partial charge on any atom is 0.306 e. The standard InChI is InChI=1S/C18H22N2O4/c1-12-4-6-15(7-5-12)23-10-11-24-17(21)9-8-16-13(2)19-14(3)20-18(16)22/h4-7H,8-11H2,1-3H3,(H,19,20,22). The lowest BCUT2D eigenvalue weighted by Gasteiger charge is -2.08. The van der Waals surface area contributed by atoms with Gasteiger partial charge in [-0.05, 0) is 39.3 Å². The van der Waals surface area contributed by atoms with Crippen LogP contribution in [0.4, 0.5) is 0 Å². The van der Waals surface area contributed by atoms with Crippen molar-refractivity contribution in [2.75, 3.05) is 13.2 Å². The molecule has 0 aliphatic rings. The Morgan fingerprint density at radius 3 is 2.50 bits per heavy atom. The minimum absolute atomic E-state index is 0.138. The summed E-state index contributed by atoms with van der Waals surface area (Å²) in [5.74, 6) is 0.948. The molecule has 0 saturated heterocycles. The van der Waals surface area contributed by atoms with Crippen molar-refractivity contribution < 1.29 is 14.3 Å². The van der Waals surface area contributed by atoms with Crippen LogP contribution in [0, 0.1) is 20.8 Å². The van der Waals surface area contributed by atoms with E-state index in [0.717, 1.165) is 11.3 Å². The molecule has 0 aliphatic heterocycles. The van der Waals surface area contributed by atoms with Gasteiger partial charge in [-0.1, -0.05) is 17.7 Å². The summed E-state index contributed by atoms with van der Waals surface area (Å²) in [5.41, 5.74) is 2.13. The number of hydrogen-bond donors (Lipinski definition) is 1. The van der Waals surface area contributed by atoms with Gasteiger partial charge in [0.1, 0.15) is 24.8 Å². The van der Waals surface area contributed by atoms with Crippen LogP contribution in [0.2, 0.25) is 0 Å². The van der Waals surface area contributed by atoms with E-state index in [-0.39, 0.29) is 24.6 Å². The van der Waals surface area contributed by atoms with Crippen molar-refractivity contribution >= 4 is 5.97 Å². The van der Waals surface area contributed by atoms with E-state index in [0.29, 0.717) is 30.1 Å². The van der Waals surface area contributed by atoms with Crippen molar-refractivity contribution in [3.8, 4) is 5.75 Å². The SMILES string of the molecule is Cc1ccc(OCCOC(=O)CCc2c(C)nc(C)[nH]c2=O)cc1. The van der Waals surface area contributed by atoms with Crippen molar-refractivity contribution in [3.05, 3.63) is 57.3 Å². The highest BCUT2D eigenvalue weighted by atomic mass is 16.6. The van der Waals surface area contributed by atoms with Crippen molar-refractivity contribution in [2.24, 2.45) is 0 Å². The summed E-state index contributed by atoms with van der Waals surface area (Å²) in [6, 6.07) is 7.65. The minimum Gasteiger partial charge on any atom is -0.490 e. The first kappa shape index (κ1) is 17.7. The Hall–Kier alpha value is -2.63. The van der Waals surface area contributed by atoms with Crippen molar-refractivity contribution in [1.29, 1.82) is 0 Å². The van der Waals surface area contributed by atoms with E-state index in [9.17, 15) is 9.59 Å². The van der Waals surface area contributed by atoms with Crippen LogP contribution in [0.1, 0.15) is 29.1 Å². The Bertz CT molecular complexity index is 751. The molecule has 0 atom stereocenters.